The van der Waals surface area contributed by atoms with Gasteiger partial charge in [0.2, 0.25) is 0 Å². The lowest BCUT2D eigenvalue weighted by Gasteiger charge is -2.26. The highest BCUT2D eigenvalue weighted by Crippen LogP contribution is 2.31. The highest BCUT2D eigenvalue weighted by Gasteiger charge is 2.19. The van der Waals surface area contributed by atoms with Gasteiger partial charge in [0, 0.05) is 5.33 Å². The van der Waals surface area contributed by atoms with Crippen LogP contribution in [0.1, 0.15) is 46.0 Å². The van der Waals surface area contributed by atoms with Crippen molar-refractivity contribution in [2.45, 2.75) is 46.0 Å². The number of hydrogen-bond acceptors (Lipinski definition) is 0. The average molecular weight is 245 g/mol. The van der Waals surface area contributed by atoms with Gasteiger partial charge in [0.25, 0.3) is 0 Å². The van der Waals surface area contributed by atoms with Gasteiger partial charge in [-0.2, -0.15) is 0 Å². The molecule has 1 aliphatic rings. The van der Waals surface area contributed by atoms with Crippen LogP contribution in [-0.4, -0.2) is 5.33 Å². The summed E-state index contributed by atoms with van der Waals surface area (Å²) in [5.74, 6) is 1.77. The quantitative estimate of drug-likeness (QED) is 0.505. The minimum atomic E-state index is 0.862. The SMILES string of the molecule is CC/C(=C\C1CCCCC1C)CBr. The number of alkyl halides is 1. The van der Waals surface area contributed by atoms with Crippen LogP contribution < -0.4 is 0 Å². The molecule has 0 N–H and O–H groups in total. The van der Waals surface area contributed by atoms with E-state index < -0.39 is 0 Å². The third-order valence-corrected chi connectivity index (χ3v) is 3.97. The van der Waals surface area contributed by atoms with E-state index in [-0.39, 0.29) is 0 Å². The van der Waals surface area contributed by atoms with Gasteiger partial charge in [-0.1, -0.05) is 60.7 Å². The minimum absolute atomic E-state index is 0.862. The van der Waals surface area contributed by atoms with Crippen molar-refractivity contribution in [1.82, 2.24) is 0 Å². The van der Waals surface area contributed by atoms with Crippen LogP contribution in [0.5, 0.6) is 0 Å². The number of halogens is 1. The summed E-state index contributed by atoms with van der Waals surface area (Å²) in [6.07, 6.45) is 9.46. The van der Waals surface area contributed by atoms with Crippen molar-refractivity contribution in [3.05, 3.63) is 11.6 Å². The van der Waals surface area contributed by atoms with Crippen molar-refractivity contribution in [3.8, 4) is 0 Å². The molecule has 0 radical (unpaired) electrons. The monoisotopic (exact) mass is 244 g/mol. The molecule has 0 aromatic rings. The molecule has 1 aliphatic carbocycles. The Bertz CT molecular complexity index is 166. The Labute approximate surface area is 90.9 Å². The van der Waals surface area contributed by atoms with E-state index in [1.807, 2.05) is 0 Å². The summed E-state index contributed by atoms with van der Waals surface area (Å²) in [6.45, 7) is 4.66. The van der Waals surface area contributed by atoms with Crippen molar-refractivity contribution in [2.24, 2.45) is 11.8 Å². The number of hydrogen-bond donors (Lipinski definition) is 0. The average Bonchev–Trinajstić information content (AvgIpc) is 2.17. The topological polar surface area (TPSA) is 0 Å². The predicted molar refractivity (Wildman–Crippen MR) is 63.3 cm³/mol. The second-order valence-corrected chi connectivity index (χ2v) is 4.80. The summed E-state index contributed by atoms with van der Waals surface area (Å²) >= 11 is 3.55. The Morgan fingerprint density at radius 2 is 2.08 bits per heavy atom. The molecule has 1 fully saturated rings. The molecule has 0 aromatic heterocycles. The summed E-state index contributed by atoms with van der Waals surface area (Å²) in [4.78, 5) is 0. The van der Waals surface area contributed by atoms with E-state index in [1.165, 1.54) is 32.1 Å². The maximum Gasteiger partial charge on any atom is 0.0241 e. The summed E-state index contributed by atoms with van der Waals surface area (Å²) in [5.41, 5.74) is 1.58. The Balaban J connectivity index is 2.53. The minimum Gasteiger partial charge on any atom is -0.0880 e. The molecule has 0 spiro atoms. The first kappa shape index (κ1) is 11.3. The van der Waals surface area contributed by atoms with Crippen LogP contribution in [0.15, 0.2) is 11.6 Å². The zero-order chi connectivity index (χ0) is 9.68. The molecular formula is C12H21Br. The lowest BCUT2D eigenvalue weighted by molar-refractivity contribution is 0.305. The fourth-order valence-electron chi connectivity index (χ4n) is 2.15. The number of rotatable bonds is 3. The van der Waals surface area contributed by atoms with Gasteiger partial charge in [-0.15, -0.1) is 0 Å². The van der Waals surface area contributed by atoms with Gasteiger partial charge in [-0.25, -0.2) is 0 Å². The summed E-state index contributed by atoms with van der Waals surface area (Å²) in [5, 5.41) is 1.06. The molecule has 2 unspecified atom stereocenters. The smallest absolute Gasteiger partial charge is 0.0241 e. The third-order valence-electron chi connectivity index (χ3n) is 3.25. The van der Waals surface area contributed by atoms with Gasteiger partial charge in [0.1, 0.15) is 0 Å². The molecule has 1 saturated carbocycles. The molecule has 1 rings (SSSR count). The Hall–Kier alpha value is 0.220. The third kappa shape index (κ3) is 3.46. The van der Waals surface area contributed by atoms with Gasteiger partial charge in [0.15, 0.2) is 0 Å². The Morgan fingerprint density at radius 1 is 1.38 bits per heavy atom. The second kappa shape index (κ2) is 5.85. The zero-order valence-corrected chi connectivity index (χ0v) is 10.4. The summed E-state index contributed by atoms with van der Waals surface area (Å²) < 4.78 is 0. The Kier molecular flexibility index (Phi) is 5.08. The zero-order valence-electron chi connectivity index (χ0n) is 8.85. The maximum atomic E-state index is 3.55. The van der Waals surface area contributed by atoms with Crippen LogP contribution in [0.3, 0.4) is 0 Å². The van der Waals surface area contributed by atoms with Gasteiger partial charge >= 0.3 is 0 Å². The molecule has 0 saturated heterocycles. The largest absolute Gasteiger partial charge is 0.0880 e. The van der Waals surface area contributed by atoms with Gasteiger partial charge in [0.05, 0.1) is 0 Å². The molecule has 0 heterocycles. The first-order valence-corrected chi connectivity index (χ1v) is 6.65. The predicted octanol–water partition coefficient (Wildman–Crippen LogP) is 4.54. The van der Waals surface area contributed by atoms with E-state index in [2.05, 4.69) is 35.9 Å². The lowest BCUT2D eigenvalue weighted by Crippen LogP contribution is -2.15. The van der Waals surface area contributed by atoms with Gasteiger partial charge < -0.3 is 0 Å². The van der Waals surface area contributed by atoms with Gasteiger partial charge in [-0.05, 0) is 24.7 Å². The molecule has 0 nitrogen and oxygen atoms in total. The van der Waals surface area contributed by atoms with E-state index in [0.717, 1.165) is 17.2 Å². The molecule has 76 valence electrons. The molecule has 0 bridgehead atoms. The second-order valence-electron chi connectivity index (χ2n) is 4.24. The van der Waals surface area contributed by atoms with Crippen LogP contribution in [-0.2, 0) is 0 Å². The van der Waals surface area contributed by atoms with E-state index in [9.17, 15) is 0 Å². The first-order chi connectivity index (χ1) is 6.27. The highest BCUT2D eigenvalue weighted by molar-refractivity contribution is 9.09. The van der Waals surface area contributed by atoms with Crippen LogP contribution >= 0.6 is 15.9 Å². The fraction of sp³-hybridized carbons (Fsp3) is 0.833. The normalized spacial score (nSPS) is 30.5. The molecular weight excluding hydrogens is 224 g/mol. The standard InChI is InChI=1S/C12H21Br/c1-3-11(9-13)8-12-7-5-4-6-10(12)2/h8,10,12H,3-7,9H2,1-2H3/b11-8+. The molecule has 0 aromatic carbocycles. The van der Waals surface area contributed by atoms with Crippen molar-refractivity contribution < 1.29 is 0 Å². The maximum absolute atomic E-state index is 3.55. The van der Waals surface area contributed by atoms with Gasteiger partial charge in [-0.3, -0.25) is 0 Å². The summed E-state index contributed by atoms with van der Waals surface area (Å²) in [7, 11) is 0. The van der Waals surface area contributed by atoms with Crippen molar-refractivity contribution in [2.75, 3.05) is 5.33 Å². The highest BCUT2D eigenvalue weighted by atomic mass is 79.9. The molecule has 0 aliphatic heterocycles. The van der Waals surface area contributed by atoms with Crippen LogP contribution in [0.2, 0.25) is 0 Å². The van der Waals surface area contributed by atoms with E-state index >= 15 is 0 Å². The molecule has 2 atom stereocenters. The fourth-order valence-corrected chi connectivity index (χ4v) is 2.74. The summed E-state index contributed by atoms with van der Waals surface area (Å²) in [6, 6.07) is 0. The van der Waals surface area contributed by atoms with Crippen molar-refractivity contribution >= 4 is 15.9 Å². The molecule has 1 heteroatoms. The van der Waals surface area contributed by atoms with Crippen molar-refractivity contribution in [3.63, 3.8) is 0 Å². The molecule has 0 amide bonds. The van der Waals surface area contributed by atoms with Crippen LogP contribution in [0, 0.1) is 11.8 Å². The lowest BCUT2D eigenvalue weighted by atomic mass is 9.79. The first-order valence-electron chi connectivity index (χ1n) is 5.53. The number of allylic oxidation sites excluding steroid dienone is 2. The van der Waals surface area contributed by atoms with Crippen molar-refractivity contribution in [1.29, 1.82) is 0 Å². The van der Waals surface area contributed by atoms with Crippen LogP contribution in [0.4, 0.5) is 0 Å². The van der Waals surface area contributed by atoms with E-state index in [0.29, 0.717) is 0 Å². The van der Waals surface area contributed by atoms with E-state index in [4.69, 9.17) is 0 Å². The molecule has 13 heavy (non-hydrogen) atoms. The van der Waals surface area contributed by atoms with E-state index in [1.54, 1.807) is 5.57 Å². The Morgan fingerprint density at radius 3 is 2.62 bits per heavy atom. The van der Waals surface area contributed by atoms with Crippen LogP contribution in [0.25, 0.3) is 0 Å².